The molecule has 9 heteroatoms. The molecule has 28 heavy (non-hydrogen) atoms. The number of benzene rings is 2. The fraction of sp³-hybridized carbons (Fsp3) is 0.316. The predicted octanol–water partition coefficient (Wildman–Crippen LogP) is 2.94. The van der Waals surface area contributed by atoms with Gasteiger partial charge < -0.3 is 5.32 Å². The molecular formula is C19H21N3O5S. The maximum atomic E-state index is 12.6. The summed E-state index contributed by atoms with van der Waals surface area (Å²) in [6.07, 6.45) is 0.789. The van der Waals surface area contributed by atoms with Crippen molar-refractivity contribution in [3.05, 3.63) is 64.2 Å². The second-order valence-electron chi connectivity index (χ2n) is 6.74. The second-order valence-corrected chi connectivity index (χ2v) is 8.68. The van der Waals surface area contributed by atoms with Crippen molar-refractivity contribution in [3.63, 3.8) is 0 Å². The fourth-order valence-corrected chi connectivity index (χ4v) is 4.72. The number of sulfonamides is 1. The minimum atomic E-state index is -3.56. The number of piperidine rings is 1. The minimum absolute atomic E-state index is 0.0541. The molecule has 1 aliphatic heterocycles. The zero-order valence-electron chi connectivity index (χ0n) is 15.4. The molecule has 0 saturated carbocycles. The van der Waals surface area contributed by atoms with Gasteiger partial charge in [-0.2, -0.15) is 4.31 Å². The number of nitro benzene ring substituents is 1. The Hall–Kier alpha value is -2.78. The van der Waals surface area contributed by atoms with Gasteiger partial charge in [0, 0.05) is 36.3 Å². The summed E-state index contributed by atoms with van der Waals surface area (Å²) >= 11 is 0. The number of carbonyl (C=O) groups excluding carboxylic acids is 1. The fourth-order valence-electron chi connectivity index (χ4n) is 3.23. The van der Waals surface area contributed by atoms with Gasteiger partial charge >= 0.3 is 0 Å². The third-order valence-electron chi connectivity index (χ3n) is 4.88. The van der Waals surface area contributed by atoms with Gasteiger partial charge in [-0.05, 0) is 38.0 Å². The highest BCUT2D eigenvalue weighted by molar-refractivity contribution is 7.89. The van der Waals surface area contributed by atoms with Gasteiger partial charge in [0.25, 0.3) is 5.69 Å². The van der Waals surface area contributed by atoms with E-state index in [0.717, 1.165) is 0 Å². The Labute approximate surface area is 163 Å². The maximum absolute atomic E-state index is 12.6. The lowest BCUT2D eigenvalue weighted by Gasteiger charge is -2.30. The Kier molecular flexibility index (Phi) is 5.76. The largest absolute Gasteiger partial charge is 0.326 e. The molecule has 1 fully saturated rings. The van der Waals surface area contributed by atoms with Gasteiger partial charge in [-0.3, -0.25) is 14.9 Å². The van der Waals surface area contributed by atoms with E-state index in [1.54, 1.807) is 49.4 Å². The zero-order valence-corrected chi connectivity index (χ0v) is 16.2. The lowest BCUT2D eigenvalue weighted by molar-refractivity contribution is -0.385. The van der Waals surface area contributed by atoms with E-state index in [0.29, 0.717) is 24.1 Å². The summed E-state index contributed by atoms with van der Waals surface area (Å²) in [5.41, 5.74) is 0.825. The molecule has 1 saturated heterocycles. The number of amides is 1. The van der Waals surface area contributed by atoms with Crippen molar-refractivity contribution in [2.75, 3.05) is 18.4 Å². The van der Waals surface area contributed by atoms with Crippen LogP contribution in [0.2, 0.25) is 0 Å². The average Bonchev–Trinajstić information content (AvgIpc) is 2.70. The van der Waals surface area contributed by atoms with Crippen LogP contribution >= 0.6 is 0 Å². The monoisotopic (exact) mass is 403 g/mol. The molecule has 8 nitrogen and oxygen atoms in total. The van der Waals surface area contributed by atoms with Crippen molar-refractivity contribution in [1.82, 2.24) is 4.31 Å². The van der Waals surface area contributed by atoms with Gasteiger partial charge in [0.05, 0.1) is 9.82 Å². The molecule has 1 heterocycles. The van der Waals surface area contributed by atoms with Crippen molar-refractivity contribution < 1.29 is 18.1 Å². The standard InChI is InChI=1S/C19H21N3O5S/c1-14-7-8-16(13-18(14)22(24)25)20-19(23)15-9-11-21(12-10-15)28(26,27)17-5-3-2-4-6-17/h2-8,13,15H,9-12H2,1H3,(H,20,23). The van der Waals surface area contributed by atoms with E-state index >= 15 is 0 Å². The Morgan fingerprint density at radius 1 is 1.14 bits per heavy atom. The molecule has 0 aromatic heterocycles. The Morgan fingerprint density at radius 3 is 2.39 bits per heavy atom. The molecular weight excluding hydrogens is 382 g/mol. The molecule has 1 amide bonds. The van der Waals surface area contributed by atoms with Crippen molar-refractivity contribution in [1.29, 1.82) is 0 Å². The highest BCUT2D eigenvalue weighted by Crippen LogP contribution is 2.26. The zero-order chi connectivity index (χ0) is 20.3. The van der Waals surface area contributed by atoms with Crippen molar-refractivity contribution in [2.45, 2.75) is 24.7 Å². The maximum Gasteiger partial charge on any atom is 0.274 e. The summed E-state index contributed by atoms with van der Waals surface area (Å²) in [6.45, 7) is 2.14. The van der Waals surface area contributed by atoms with Gasteiger partial charge in [-0.1, -0.05) is 24.3 Å². The molecule has 0 unspecified atom stereocenters. The number of nitrogens with zero attached hydrogens (tertiary/aromatic N) is 2. The molecule has 0 aliphatic carbocycles. The Morgan fingerprint density at radius 2 is 1.79 bits per heavy atom. The Balaban J connectivity index is 1.63. The van der Waals surface area contributed by atoms with Crippen LogP contribution in [0.5, 0.6) is 0 Å². The van der Waals surface area contributed by atoms with E-state index in [4.69, 9.17) is 0 Å². The number of nitro groups is 1. The molecule has 2 aromatic carbocycles. The number of rotatable bonds is 5. The second kappa shape index (κ2) is 8.07. The van der Waals surface area contributed by atoms with Crippen molar-refractivity contribution >= 4 is 27.3 Å². The molecule has 0 spiro atoms. The van der Waals surface area contributed by atoms with E-state index in [-0.39, 0.29) is 35.5 Å². The first-order valence-corrected chi connectivity index (χ1v) is 10.3. The van der Waals surface area contributed by atoms with Crippen LogP contribution in [0.1, 0.15) is 18.4 Å². The van der Waals surface area contributed by atoms with Gasteiger partial charge in [0.15, 0.2) is 0 Å². The summed E-state index contributed by atoms with van der Waals surface area (Å²) in [5, 5.41) is 13.7. The minimum Gasteiger partial charge on any atom is -0.326 e. The topological polar surface area (TPSA) is 110 Å². The third kappa shape index (κ3) is 4.20. The number of anilines is 1. The van der Waals surface area contributed by atoms with Crippen LogP contribution in [-0.4, -0.2) is 36.6 Å². The van der Waals surface area contributed by atoms with Crippen LogP contribution in [-0.2, 0) is 14.8 Å². The summed E-state index contributed by atoms with van der Waals surface area (Å²) in [5.74, 6) is -0.600. The van der Waals surface area contributed by atoms with E-state index in [1.165, 1.54) is 10.4 Å². The van der Waals surface area contributed by atoms with E-state index in [2.05, 4.69) is 5.32 Å². The van der Waals surface area contributed by atoms with Crippen LogP contribution in [0.25, 0.3) is 0 Å². The first kappa shape index (κ1) is 20.0. The van der Waals surface area contributed by atoms with Gasteiger partial charge in [0.2, 0.25) is 15.9 Å². The molecule has 2 aromatic rings. The number of hydrogen-bond acceptors (Lipinski definition) is 5. The number of carbonyl (C=O) groups is 1. The molecule has 0 bridgehead atoms. The van der Waals surface area contributed by atoms with E-state index in [1.807, 2.05) is 0 Å². The molecule has 148 valence electrons. The van der Waals surface area contributed by atoms with Crippen molar-refractivity contribution in [3.8, 4) is 0 Å². The van der Waals surface area contributed by atoms with Crippen LogP contribution in [0, 0.1) is 23.0 Å². The molecule has 3 rings (SSSR count). The molecule has 0 radical (unpaired) electrons. The van der Waals surface area contributed by atoms with Gasteiger partial charge in [-0.25, -0.2) is 8.42 Å². The summed E-state index contributed by atoms with van der Waals surface area (Å²) < 4.78 is 26.7. The number of aryl methyl sites for hydroxylation is 1. The molecule has 1 N–H and O–H groups in total. The van der Waals surface area contributed by atoms with Gasteiger partial charge in [-0.15, -0.1) is 0 Å². The third-order valence-corrected chi connectivity index (χ3v) is 6.79. The van der Waals surface area contributed by atoms with E-state index < -0.39 is 14.9 Å². The first-order valence-electron chi connectivity index (χ1n) is 8.90. The van der Waals surface area contributed by atoms with E-state index in [9.17, 15) is 23.3 Å². The van der Waals surface area contributed by atoms with Crippen LogP contribution in [0.3, 0.4) is 0 Å². The normalized spacial score (nSPS) is 15.9. The Bertz CT molecular complexity index is 984. The summed E-state index contributed by atoms with van der Waals surface area (Å²) in [6, 6.07) is 12.8. The van der Waals surface area contributed by atoms with Gasteiger partial charge in [0.1, 0.15) is 0 Å². The highest BCUT2D eigenvalue weighted by Gasteiger charge is 2.32. The first-order chi connectivity index (χ1) is 13.3. The van der Waals surface area contributed by atoms with Crippen LogP contribution in [0.4, 0.5) is 11.4 Å². The average molecular weight is 403 g/mol. The summed E-state index contributed by atoms with van der Waals surface area (Å²) in [4.78, 5) is 23.3. The van der Waals surface area contributed by atoms with Crippen molar-refractivity contribution in [2.24, 2.45) is 5.92 Å². The van der Waals surface area contributed by atoms with Crippen LogP contribution < -0.4 is 5.32 Å². The van der Waals surface area contributed by atoms with Crippen LogP contribution in [0.15, 0.2) is 53.4 Å². The molecule has 0 atom stereocenters. The number of hydrogen-bond donors (Lipinski definition) is 1. The molecule has 1 aliphatic rings. The highest BCUT2D eigenvalue weighted by atomic mass is 32.2. The lowest BCUT2D eigenvalue weighted by atomic mass is 9.97. The SMILES string of the molecule is Cc1ccc(NC(=O)C2CCN(S(=O)(=O)c3ccccc3)CC2)cc1[N+](=O)[O-]. The summed E-state index contributed by atoms with van der Waals surface area (Å²) in [7, 11) is -3.56. The smallest absolute Gasteiger partial charge is 0.274 e. The number of nitrogens with one attached hydrogen (secondary N) is 1. The predicted molar refractivity (Wildman–Crippen MR) is 104 cm³/mol. The lowest BCUT2D eigenvalue weighted by Crippen LogP contribution is -2.41. The quantitative estimate of drug-likeness (QED) is 0.610.